The summed E-state index contributed by atoms with van der Waals surface area (Å²) >= 11 is 1.62. The van der Waals surface area contributed by atoms with Gasteiger partial charge in [0.1, 0.15) is 11.6 Å². The van der Waals surface area contributed by atoms with Crippen molar-refractivity contribution in [3.8, 4) is 10.6 Å². The first-order chi connectivity index (χ1) is 14.1. The third-order valence-corrected chi connectivity index (χ3v) is 6.09. The molecule has 0 radical (unpaired) electrons. The number of hydrogen-bond donors (Lipinski definition) is 2. The van der Waals surface area contributed by atoms with Crippen molar-refractivity contribution in [3.63, 3.8) is 0 Å². The van der Waals surface area contributed by atoms with E-state index < -0.39 is 5.97 Å². The summed E-state index contributed by atoms with van der Waals surface area (Å²) in [5.41, 5.74) is 1.98. The Morgan fingerprint density at radius 2 is 1.90 bits per heavy atom. The number of carboxylic acid groups (broad SMARTS) is 1. The van der Waals surface area contributed by atoms with Crippen molar-refractivity contribution in [2.75, 3.05) is 23.3 Å². The topological polar surface area (TPSA) is 91.2 Å². The quantitative estimate of drug-likeness (QED) is 0.500. The zero-order chi connectivity index (χ0) is 20.2. The Morgan fingerprint density at radius 3 is 2.58 bits per heavy atom. The van der Waals surface area contributed by atoms with Crippen molar-refractivity contribution >= 4 is 58.9 Å². The highest BCUT2D eigenvalue weighted by Crippen LogP contribution is 2.33. The SMILES string of the molecule is Cc1ccc(Nc2cccc(-c3cnc(N4CCC(CC(=O)O)CC4)s3)n2)nc1.Cl.Cl. The van der Waals surface area contributed by atoms with Gasteiger partial charge in [-0.15, -0.1) is 24.8 Å². The zero-order valence-corrected chi connectivity index (χ0v) is 19.5. The number of nitrogens with one attached hydrogen (secondary N) is 1. The summed E-state index contributed by atoms with van der Waals surface area (Å²) in [5.74, 6) is 1.06. The lowest BCUT2D eigenvalue weighted by molar-refractivity contribution is -0.138. The average molecular weight is 482 g/mol. The molecule has 2 N–H and O–H groups in total. The second-order valence-electron chi connectivity index (χ2n) is 7.29. The van der Waals surface area contributed by atoms with Gasteiger partial charge in [0, 0.05) is 31.9 Å². The number of aromatic nitrogens is 3. The van der Waals surface area contributed by atoms with Crippen molar-refractivity contribution in [2.24, 2.45) is 5.92 Å². The number of halogens is 2. The maximum atomic E-state index is 10.9. The maximum absolute atomic E-state index is 10.9. The first-order valence-electron chi connectivity index (χ1n) is 9.66. The van der Waals surface area contributed by atoms with Gasteiger partial charge >= 0.3 is 5.97 Å². The summed E-state index contributed by atoms with van der Waals surface area (Å²) < 4.78 is 0. The van der Waals surface area contributed by atoms with Crippen molar-refractivity contribution in [2.45, 2.75) is 26.2 Å². The molecule has 0 aliphatic carbocycles. The van der Waals surface area contributed by atoms with Gasteiger partial charge in [-0.05, 0) is 49.4 Å². The van der Waals surface area contributed by atoms with Crippen LogP contribution in [0, 0.1) is 12.8 Å². The highest BCUT2D eigenvalue weighted by molar-refractivity contribution is 7.18. The lowest BCUT2D eigenvalue weighted by Crippen LogP contribution is -2.34. The monoisotopic (exact) mass is 481 g/mol. The normalized spacial score (nSPS) is 13.8. The van der Waals surface area contributed by atoms with E-state index in [2.05, 4.69) is 20.2 Å². The summed E-state index contributed by atoms with van der Waals surface area (Å²) in [6.07, 6.45) is 5.72. The van der Waals surface area contributed by atoms with Crippen LogP contribution in [-0.4, -0.2) is 39.1 Å². The van der Waals surface area contributed by atoms with E-state index >= 15 is 0 Å². The van der Waals surface area contributed by atoms with Gasteiger partial charge in [0.15, 0.2) is 5.13 Å². The Kier molecular flexibility index (Phi) is 9.03. The third-order valence-electron chi connectivity index (χ3n) is 5.01. The molecule has 1 saturated heterocycles. The molecule has 0 spiro atoms. The minimum atomic E-state index is -0.708. The highest BCUT2D eigenvalue weighted by atomic mass is 35.5. The van der Waals surface area contributed by atoms with Gasteiger partial charge in [0.2, 0.25) is 0 Å². The molecule has 0 bridgehead atoms. The van der Waals surface area contributed by atoms with Crippen LogP contribution in [0.15, 0.2) is 42.7 Å². The van der Waals surface area contributed by atoms with Gasteiger partial charge in [-0.3, -0.25) is 4.79 Å². The molecule has 3 aromatic rings. The van der Waals surface area contributed by atoms with Gasteiger partial charge in [-0.1, -0.05) is 23.5 Å². The number of rotatable bonds is 6. The van der Waals surface area contributed by atoms with E-state index in [-0.39, 0.29) is 37.2 Å². The van der Waals surface area contributed by atoms with Crippen LogP contribution in [0.4, 0.5) is 16.8 Å². The Bertz CT molecular complexity index is 991. The molecule has 0 amide bonds. The number of aryl methyl sites for hydroxylation is 1. The number of anilines is 3. The maximum Gasteiger partial charge on any atom is 0.303 e. The molecule has 0 saturated carbocycles. The molecule has 10 heteroatoms. The molecule has 1 aliphatic heterocycles. The van der Waals surface area contributed by atoms with Gasteiger partial charge in [-0.25, -0.2) is 15.0 Å². The third kappa shape index (κ3) is 6.53. The minimum absolute atomic E-state index is 0. The van der Waals surface area contributed by atoms with Crippen LogP contribution in [0.3, 0.4) is 0 Å². The first-order valence-corrected chi connectivity index (χ1v) is 10.5. The van der Waals surface area contributed by atoms with Crippen molar-refractivity contribution in [3.05, 3.63) is 48.3 Å². The lowest BCUT2D eigenvalue weighted by Gasteiger charge is -2.30. The van der Waals surface area contributed by atoms with E-state index in [0.29, 0.717) is 0 Å². The van der Waals surface area contributed by atoms with Gasteiger partial charge in [-0.2, -0.15) is 0 Å². The molecule has 31 heavy (non-hydrogen) atoms. The second-order valence-corrected chi connectivity index (χ2v) is 8.30. The number of pyridine rings is 2. The van der Waals surface area contributed by atoms with E-state index in [4.69, 9.17) is 10.1 Å². The van der Waals surface area contributed by atoms with Crippen LogP contribution in [0.2, 0.25) is 0 Å². The Hall–Kier alpha value is -2.42. The summed E-state index contributed by atoms with van der Waals surface area (Å²) in [5, 5.41) is 13.2. The van der Waals surface area contributed by atoms with E-state index in [1.807, 2.05) is 49.6 Å². The first kappa shape index (κ1) is 24.8. The summed E-state index contributed by atoms with van der Waals surface area (Å²) in [4.78, 5) is 27.8. The fraction of sp³-hybridized carbons (Fsp3) is 0.333. The molecular formula is C21H25Cl2N5O2S. The number of thiazole rings is 1. The Balaban J connectivity index is 0.00000171. The van der Waals surface area contributed by atoms with Crippen LogP contribution in [0.1, 0.15) is 24.8 Å². The Morgan fingerprint density at radius 1 is 1.13 bits per heavy atom. The molecule has 0 aromatic carbocycles. The fourth-order valence-electron chi connectivity index (χ4n) is 3.42. The van der Waals surface area contributed by atoms with Crippen LogP contribution in [0.5, 0.6) is 0 Å². The Labute approximate surface area is 197 Å². The standard InChI is InChI=1S/C21H23N5O2S.2ClH/c1-14-5-6-18(22-12-14)25-19-4-2-3-16(24-19)17-13-23-21(29-17)26-9-7-15(8-10-26)11-20(27)28;;/h2-6,12-13,15H,7-11H2,1H3,(H,27,28)(H,22,24,25);2*1H. The molecule has 166 valence electrons. The van der Waals surface area contributed by atoms with Gasteiger partial charge in [0.25, 0.3) is 0 Å². The van der Waals surface area contributed by atoms with Gasteiger partial charge in [0.05, 0.1) is 10.6 Å². The second kappa shape index (κ2) is 11.3. The molecule has 1 aliphatic rings. The molecule has 1 fully saturated rings. The average Bonchev–Trinajstić information content (AvgIpc) is 3.20. The van der Waals surface area contributed by atoms with E-state index in [0.717, 1.165) is 58.8 Å². The fourth-order valence-corrected chi connectivity index (χ4v) is 4.36. The predicted octanol–water partition coefficient (Wildman–Crippen LogP) is 5.19. The van der Waals surface area contributed by atoms with Crippen LogP contribution in [-0.2, 0) is 4.79 Å². The van der Waals surface area contributed by atoms with Crippen molar-refractivity contribution in [1.29, 1.82) is 0 Å². The molecular weight excluding hydrogens is 457 g/mol. The summed E-state index contributed by atoms with van der Waals surface area (Å²) in [6, 6.07) is 9.80. The number of hydrogen-bond acceptors (Lipinski definition) is 7. The van der Waals surface area contributed by atoms with Crippen LogP contribution in [0.25, 0.3) is 10.6 Å². The summed E-state index contributed by atoms with van der Waals surface area (Å²) in [7, 11) is 0. The van der Waals surface area contributed by atoms with E-state index in [9.17, 15) is 4.79 Å². The molecule has 0 atom stereocenters. The largest absolute Gasteiger partial charge is 0.481 e. The number of aliphatic carboxylic acids is 1. The number of nitrogens with zero attached hydrogens (tertiary/aromatic N) is 4. The van der Waals surface area contributed by atoms with Crippen molar-refractivity contribution in [1.82, 2.24) is 15.0 Å². The van der Waals surface area contributed by atoms with Crippen molar-refractivity contribution < 1.29 is 9.90 Å². The van der Waals surface area contributed by atoms with Crippen LogP contribution < -0.4 is 10.2 Å². The number of piperidine rings is 1. The zero-order valence-electron chi connectivity index (χ0n) is 17.0. The van der Waals surface area contributed by atoms with Crippen LogP contribution >= 0.6 is 36.2 Å². The number of carbonyl (C=O) groups is 1. The predicted molar refractivity (Wildman–Crippen MR) is 129 cm³/mol. The summed E-state index contributed by atoms with van der Waals surface area (Å²) in [6.45, 7) is 3.70. The molecule has 0 unspecified atom stereocenters. The highest BCUT2D eigenvalue weighted by Gasteiger charge is 2.23. The molecule has 7 nitrogen and oxygen atoms in total. The molecule has 4 heterocycles. The molecule has 4 rings (SSSR count). The smallest absolute Gasteiger partial charge is 0.303 e. The van der Waals surface area contributed by atoms with E-state index in [1.165, 1.54) is 0 Å². The molecule has 3 aromatic heterocycles. The number of carboxylic acids is 1. The van der Waals surface area contributed by atoms with E-state index in [1.54, 1.807) is 11.3 Å². The lowest BCUT2D eigenvalue weighted by atomic mass is 9.94. The minimum Gasteiger partial charge on any atom is -0.481 e. The van der Waals surface area contributed by atoms with Gasteiger partial charge < -0.3 is 15.3 Å².